The zero-order chi connectivity index (χ0) is 18.6. The van der Waals surface area contributed by atoms with Crippen LogP contribution in [0.4, 0.5) is 0 Å². The fourth-order valence-corrected chi connectivity index (χ4v) is 4.34. The predicted molar refractivity (Wildman–Crippen MR) is 106 cm³/mol. The molecule has 2 heterocycles. The molecule has 0 spiro atoms. The fraction of sp³-hybridized carbons (Fsp3) is 0.263. The first-order chi connectivity index (χ1) is 12.5. The van der Waals surface area contributed by atoms with Crippen molar-refractivity contribution >= 4 is 43.8 Å². The summed E-state index contributed by atoms with van der Waals surface area (Å²) in [6, 6.07) is 7.67. The molecule has 5 nitrogen and oxygen atoms in total. The smallest absolute Gasteiger partial charge is 0.262 e. The Morgan fingerprint density at radius 2 is 1.96 bits per heavy atom. The molecule has 1 N–H and O–H groups in total. The van der Waals surface area contributed by atoms with Crippen LogP contribution in [0, 0.1) is 11.3 Å². The average Bonchev–Trinajstić information content (AvgIpc) is 3.11. The van der Waals surface area contributed by atoms with E-state index in [1.54, 1.807) is 18.6 Å². The van der Waals surface area contributed by atoms with Crippen LogP contribution in [-0.2, 0) is 10.3 Å². The predicted octanol–water partition coefficient (Wildman–Crippen LogP) is 4.49. The summed E-state index contributed by atoms with van der Waals surface area (Å²) < 4.78 is 1.52. The number of carbonyl (C=O) groups excluding carboxylic acids is 1. The van der Waals surface area contributed by atoms with Crippen molar-refractivity contribution in [3.05, 3.63) is 62.6 Å². The van der Waals surface area contributed by atoms with E-state index < -0.39 is 5.54 Å². The summed E-state index contributed by atoms with van der Waals surface area (Å²) in [5, 5.41) is 12.6. The van der Waals surface area contributed by atoms with Gasteiger partial charge in [-0.2, -0.15) is 5.26 Å². The second-order valence-corrected chi connectivity index (χ2v) is 7.94. The molecule has 2 aromatic rings. The van der Waals surface area contributed by atoms with Crippen LogP contribution in [0.25, 0.3) is 6.08 Å². The molecule has 0 saturated heterocycles. The van der Waals surface area contributed by atoms with Gasteiger partial charge >= 0.3 is 0 Å². The largest absolute Gasteiger partial charge is 0.342 e. The Bertz CT molecular complexity index is 884. The van der Waals surface area contributed by atoms with E-state index in [4.69, 9.17) is 0 Å². The van der Waals surface area contributed by atoms with Gasteiger partial charge in [0.2, 0.25) is 0 Å². The van der Waals surface area contributed by atoms with Crippen LogP contribution < -0.4 is 5.32 Å². The van der Waals surface area contributed by atoms with E-state index in [1.165, 1.54) is 6.08 Å². The number of nitriles is 1. The van der Waals surface area contributed by atoms with Gasteiger partial charge < -0.3 is 5.32 Å². The van der Waals surface area contributed by atoms with Gasteiger partial charge in [-0.3, -0.25) is 14.8 Å². The molecule has 0 aliphatic heterocycles. The number of nitrogens with one attached hydrogen (secondary N) is 1. The monoisotopic (exact) mass is 474 g/mol. The summed E-state index contributed by atoms with van der Waals surface area (Å²) in [5.41, 5.74) is 1.14. The Kier molecular flexibility index (Phi) is 5.84. The topological polar surface area (TPSA) is 78.7 Å². The van der Waals surface area contributed by atoms with E-state index in [0.717, 1.165) is 35.7 Å². The van der Waals surface area contributed by atoms with E-state index >= 15 is 0 Å². The van der Waals surface area contributed by atoms with Crippen molar-refractivity contribution in [3.63, 3.8) is 0 Å². The van der Waals surface area contributed by atoms with Crippen molar-refractivity contribution in [2.24, 2.45) is 0 Å². The number of hydrogen-bond donors (Lipinski definition) is 1. The highest BCUT2D eigenvalue weighted by molar-refractivity contribution is 9.11. The van der Waals surface area contributed by atoms with Gasteiger partial charge in [0.25, 0.3) is 5.91 Å². The molecule has 1 saturated carbocycles. The first-order valence-corrected chi connectivity index (χ1v) is 9.78. The summed E-state index contributed by atoms with van der Waals surface area (Å²) in [6.07, 6.45) is 10.3. The third kappa shape index (κ3) is 4.02. The van der Waals surface area contributed by atoms with Crippen molar-refractivity contribution in [2.45, 2.75) is 31.2 Å². The minimum atomic E-state index is -0.444. The Labute approximate surface area is 168 Å². The zero-order valence-electron chi connectivity index (χ0n) is 13.9. The summed E-state index contributed by atoms with van der Waals surface area (Å²) in [5.74, 6) is -0.386. The number of halogens is 2. The molecule has 2 aromatic heterocycles. The minimum Gasteiger partial charge on any atom is -0.342 e. The molecular weight excluding hydrogens is 460 g/mol. The molecule has 3 rings (SSSR count). The summed E-state index contributed by atoms with van der Waals surface area (Å²) in [4.78, 5) is 21.1. The van der Waals surface area contributed by atoms with Crippen LogP contribution >= 0.6 is 31.9 Å². The number of pyridine rings is 2. The van der Waals surface area contributed by atoms with E-state index in [0.29, 0.717) is 10.2 Å². The second-order valence-electron chi connectivity index (χ2n) is 6.17. The molecule has 26 heavy (non-hydrogen) atoms. The lowest BCUT2D eigenvalue weighted by molar-refractivity contribution is -0.119. The maximum Gasteiger partial charge on any atom is 0.262 e. The third-order valence-electron chi connectivity index (χ3n) is 4.53. The van der Waals surface area contributed by atoms with E-state index in [9.17, 15) is 10.1 Å². The highest BCUT2D eigenvalue weighted by Gasteiger charge is 2.37. The lowest BCUT2D eigenvalue weighted by Gasteiger charge is -2.30. The Hall–Kier alpha value is -2.04. The second kappa shape index (κ2) is 8.11. The Balaban J connectivity index is 1.89. The first kappa shape index (κ1) is 18.7. The molecule has 132 valence electrons. The number of amides is 1. The standard InChI is InChI=1S/C19H16Br2N4O/c20-15-10-16(21)17(24-12-15)9-13(11-22)18(26)25-19(5-1-2-6-19)14-3-7-23-8-4-14/h3-4,7-10,12H,1-2,5-6H2,(H,25,26)/b13-9+. The first-order valence-electron chi connectivity index (χ1n) is 8.20. The number of aromatic nitrogens is 2. The Morgan fingerprint density at radius 1 is 1.27 bits per heavy atom. The van der Waals surface area contributed by atoms with E-state index in [2.05, 4.69) is 47.1 Å². The van der Waals surface area contributed by atoms with Gasteiger partial charge in [-0.25, -0.2) is 0 Å². The lowest BCUT2D eigenvalue weighted by atomic mass is 9.88. The molecule has 0 unspecified atom stereocenters. The number of hydrogen-bond acceptors (Lipinski definition) is 4. The van der Waals surface area contributed by atoms with Crippen LogP contribution in [0.1, 0.15) is 36.9 Å². The van der Waals surface area contributed by atoms with Crippen LogP contribution in [0.2, 0.25) is 0 Å². The number of nitrogens with zero attached hydrogens (tertiary/aromatic N) is 3. The van der Waals surface area contributed by atoms with Crippen LogP contribution in [0.3, 0.4) is 0 Å². The maximum atomic E-state index is 12.8. The molecule has 1 fully saturated rings. The van der Waals surface area contributed by atoms with Crippen LogP contribution in [0.15, 0.2) is 51.3 Å². The van der Waals surface area contributed by atoms with Gasteiger partial charge in [0.05, 0.1) is 11.2 Å². The summed E-state index contributed by atoms with van der Waals surface area (Å²) in [7, 11) is 0. The van der Waals surface area contributed by atoms with Crippen molar-refractivity contribution < 1.29 is 4.79 Å². The molecule has 0 atom stereocenters. The van der Waals surface area contributed by atoms with Gasteiger partial charge in [-0.1, -0.05) is 12.8 Å². The quantitative estimate of drug-likeness (QED) is 0.521. The van der Waals surface area contributed by atoms with Crippen LogP contribution in [-0.4, -0.2) is 15.9 Å². The molecule has 7 heteroatoms. The Morgan fingerprint density at radius 3 is 2.58 bits per heavy atom. The lowest BCUT2D eigenvalue weighted by Crippen LogP contribution is -2.44. The molecule has 1 aliphatic carbocycles. The normalized spacial score (nSPS) is 16.1. The maximum absolute atomic E-state index is 12.8. The fourth-order valence-electron chi connectivity index (χ4n) is 3.24. The molecule has 1 amide bonds. The van der Waals surface area contributed by atoms with E-state index in [-0.39, 0.29) is 11.5 Å². The van der Waals surface area contributed by atoms with Crippen molar-refractivity contribution in [1.82, 2.24) is 15.3 Å². The molecule has 0 radical (unpaired) electrons. The number of carbonyl (C=O) groups is 1. The molecule has 1 aliphatic rings. The summed E-state index contributed by atoms with van der Waals surface area (Å²) >= 11 is 6.74. The summed E-state index contributed by atoms with van der Waals surface area (Å²) in [6.45, 7) is 0. The minimum absolute atomic E-state index is 0.0286. The van der Waals surface area contributed by atoms with Crippen molar-refractivity contribution in [3.8, 4) is 6.07 Å². The average molecular weight is 476 g/mol. The van der Waals surface area contributed by atoms with Gasteiger partial charge in [-0.05, 0) is 74.5 Å². The highest BCUT2D eigenvalue weighted by atomic mass is 79.9. The van der Waals surface area contributed by atoms with Crippen LogP contribution in [0.5, 0.6) is 0 Å². The van der Waals surface area contributed by atoms with Crippen molar-refractivity contribution in [1.29, 1.82) is 5.26 Å². The van der Waals surface area contributed by atoms with Crippen molar-refractivity contribution in [2.75, 3.05) is 0 Å². The van der Waals surface area contributed by atoms with Gasteiger partial charge in [0.15, 0.2) is 0 Å². The van der Waals surface area contributed by atoms with Gasteiger partial charge in [0.1, 0.15) is 11.6 Å². The molecular formula is C19H16Br2N4O. The van der Waals surface area contributed by atoms with Gasteiger partial charge in [0, 0.05) is 27.5 Å². The molecule has 0 aromatic carbocycles. The highest BCUT2D eigenvalue weighted by Crippen LogP contribution is 2.38. The zero-order valence-corrected chi connectivity index (χ0v) is 17.0. The van der Waals surface area contributed by atoms with E-state index in [1.807, 2.05) is 24.3 Å². The SMILES string of the molecule is N#C/C(=C\c1ncc(Br)cc1Br)C(=O)NC1(c2ccncc2)CCCC1. The number of rotatable bonds is 4. The molecule has 0 bridgehead atoms. The van der Waals surface area contributed by atoms with Gasteiger partial charge in [-0.15, -0.1) is 0 Å². The third-order valence-corrected chi connectivity index (χ3v) is 5.59.